The van der Waals surface area contributed by atoms with Gasteiger partial charge in [-0.05, 0) is 67.8 Å². The van der Waals surface area contributed by atoms with Gasteiger partial charge in [0, 0.05) is 17.8 Å². The van der Waals surface area contributed by atoms with Gasteiger partial charge in [0.2, 0.25) is 0 Å². The van der Waals surface area contributed by atoms with Crippen molar-refractivity contribution in [3.8, 4) is 23.0 Å². The average Bonchev–Trinajstić information content (AvgIpc) is 3.36. The van der Waals surface area contributed by atoms with Crippen molar-refractivity contribution in [3.63, 3.8) is 0 Å². The molecule has 2 aromatic carbocycles. The first-order valence-corrected chi connectivity index (χ1v) is 13.1. The fourth-order valence-corrected chi connectivity index (χ4v) is 5.31. The number of hydrogen-bond acceptors (Lipinski definition) is 7. The van der Waals surface area contributed by atoms with Gasteiger partial charge >= 0.3 is 0 Å². The van der Waals surface area contributed by atoms with Crippen LogP contribution in [0.4, 0.5) is 0 Å². The van der Waals surface area contributed by atoms with Crippen LogP contribution in [0, 0.1) is 0 Å². The first-order valence-electron chi connectivity index (χ1n) is 13.1. The number of methoxy groups -OCH3 is 2. The molecular weight excluding hydrogens is 496 g/mol. The highest BCUT2D eigenvalue weighted by atomic mass is 16.5. The summed E-state index contributed by atoms with van der Waals surface area (Å²) < 4.78 is 12.8. The van der Waals surface area contributed by atoms with Crippen molar-refractivity contribution >= 4 is 22.9 Å². The fourth-order valence-electron chi connectivity index (χ4n) is 5.31. The van der Waals surface area contributed by atoms with Crippen molar-refractivity contribution in [1.29, 1.82) is 0 Å². The summed E-state index contributed by atoms with van der Waals surface area (Å²) in [6.07, 6.45) is 7.40. The van der Waals surface area contributed by atoms with Gasteiger partial charge in [-0.3, -0.25) is 9.78 Å². The third kappa shape index (κ3) is 4.92. The molecule has 39 heavy (non-hydrogen) atoms. The van der Waals surface area contributed by atoms with Crippen LogP contribution in [0.25, 0.3) is 22.6 Å². The Morgan fingerprint density at radius 1 is 1.00 bits per heavy atom. The van der Waals surface area contributed by atoms with E-state index in [1.807, 2.05) is 24.3 Å². The molecule has 9 heteroatoms. The number of imidazole rings is 1. The van der Waals surface area contributed by atoms with Crippen molar-refractivity contribution in [1.82, 2.24) is 19.9 Å². The summed E-state index contributed by atoms with van der Waals surface area (Å²) in [5.41, 5.74) is 1.08. The predicted octanol–water partition coefficient (Wildman–Crippen LogP) is 4.02. The van der Waals surface area contributed by atoms with Crippen molar-refractivity contribution in [2.45, 2.75) is 50.6 Å². The Bertz CT molecular complexity index is 1510. The number of carbonyl (C=O) groups is 2. The monoisotopic (exact) mass is 527 g/mol. The summed E-state index contributed by atoms with van der Waals surface area (Å²) in [6, 6.07) is 16.0. The lowest BCUT2D eigenvalue weighted by atomic mass is 9.91. The van der Waals surface area contributed by atoms with E-state index in [0.29, 0.717) is 23.1 Å². The van der Waals surface area contributed by atoms with Gasteiger partial charge in [0.1, 0.15) is 11.2 Å². The Hall–Kier alpha value is -4.40. The van der Waals surface area contributed by atoms with Crippen molar-refractivity contribution in [2.75, 3.05) is 14.2 Å². The van der Waals surface area contributed by atoms with E-state index in [2.05, 4.69) is 14.9 Å². The molecule has 1 saturated carbocycles. The zero-order valence-electron chi connectivity index (χ0n) is 22.3. The van der Waals surface area contributed by atoms with Crippen LogP contribution in [0.2, 0.25) is 0 Å². The maximum atomic E-state index is 13.4. The first kappa shape index (κ1) is 26.2. The summed E-state index contributed by atoms with van der Waals surface area (Å²) in [5, 5.41) is 15.0. The Balaban J connectivity index is 1.52. The predicted molar refractivity (Wildman–Crippen MR) is 144 cm³/mol. The number of carboxylic acid groups (broad SMARTS) is 1. The number of aromatic nitrogens is 3. The summed E-state index contributed by atoms with van der Waals surface area (Å²) in [5.74, 6) is -0.474. The van der Waals surface area contributed by atoms with E-state index >= 15 is 0 Å². The van der Waals surface area contributed by atoms with Crippen molar-refractivity contribution in [2.24, 2.45) is 0 Å². The summed E-state index contributed by atoms with van der Waals surface area (Å²) >= 11 is 0. The molecule has 9 nitrogen and oxygen atoms in total. The van der Waals surface area contributed by atoms with Crippen LogP contribution in [0.5, 0.6) is 11.5 Å². The van der Waals surface area contributed by atoms with E-state index in [-0.39, 0.29) is 11.1 Å². The standard InChI is InChI=1S/C30H32N4O5/c1-30(29(36)37,20-13-15-25(38-2)26(18-20)39-3)33-28(35)19-12-14-24-23(17-19)32-27(22-11-7-8-16-31-22)34(24)21-9-5-4-6-10-21/h7-8,11-18,21H,4-6,9-10H2,1-3H3,(H,33,35)(H,36,37)/p-1. The lowest BCUT2D eigenvalue weighted by Crippen LogP contribution is -2.55. The summed E-state index contributed by atoms with van der Waals surface area (Å²) in [6.45, 7) is 1.39. The number of amides is 1. The van der Waals surface area contributed by atoms with Crippen LogP contribution in [-0.4, -0.2) is 40.6 Å². The minimum absolute atomic E-state index is 0.286. The van der Waals surface area contributed by atoms with E-state index in [4.69, 9.17) is 14.5 Å². The maximum absolute atomic E-state index is 13.4. The number of rotatable bonds is 8. The lowest BCUT2D eigenvalue weighted by molar-refractivity contribution is -0.314. The molecule has 0 radical (unpaired) electrons. The molecule has 1 amide bonds. The number of carboxylic acids is 1. The van der Waals surface area contributed by atoms with E-state index in [9.17, 15) is 14.7 Å². The fraction of sp³-hybridized carbons (Fsp3) is 0.333. The van der Waals surface area contributed by atoms with Gasteiger partial charge in [0.15, 0.2) is 17.3 Å². The van der Waals surface area contributed by atoms with Crippen molar-refractivity contribution < 1.29 is 24.2 Å². The highest BCUT2D eigenvalue weighted by Gasteiger charge is 2.32. The minimum atomic E-state index is -1.83. The molecule has 1 atom stereocenters. The van der Waals surface area contributed by atoms with E-state index < -0.39 is 17.4 Å². The molecule has 0 saturated heterocycles. The quantitative estimate of drug-likeness (QED) is 0.368. The molecule has 1 unspecified atom stereocenters. The number of ether oxygens (including phenoxy) is 2. The molecule has 5 rings (SSSR count). The topological polar surface area (TPSA) is 118 Å². The molecule has 1 aliphatic rings. The number of pyridine rings is 1. The van der Waals surface area contributed by atoms with E-state index in [1.165, 1.54) is 33.6 Å². The van der Waals surface area contributed by atoms with Gasteiger partial charge < -0.3 is 29.3 Å². The smallest absolute Gasteiger partial charge is 0.252 e. The average molecular weight is 528 g/mol. The van der Waals surface area contributed by atoms with Crippen LogP contribution in [0.15, 0.2) is 60.8 Å². The second-order valence-electron chi connectivity index (χ2n) is 9.95. The summed E-state index contributed by atoms with van der Waals surface area (Å²) in [4.78, 5) is 35.2. The molecule has 2 aromatic heterocycles. The second-order valence-corrected chi connectivity index (χ2v) is 9.95. The van der Waals surface area contributed by atoms with Crippen LogP contribution in [-0.2, 0) is 10.3 Å². The Kier molecular flexibility index (Phi) is 7.24. The molecule has 0 aliphatic heterocycles. The molecule has 4 aromatic rings. The van der Waals surface area contributed by atoms with Gasteiger partial charge in [0.25, 0.3) is 5.91 Å². The number of nitrogens with one attached hydrogen (secondary N) is 1. The lowest BCUT2D eigenvalue weighted by Gasteiger charge is -2.33. The van der Waals surface area contributed by atoms with E-state index in [1.54, 1.807) is 30.5 Å². The van der Waals surface area contributed by atoms with Crippen molar-refractivity contribution in [3.05, 3.63) is 71.9 Å². The maximum Gasteiger partial charge on any atom is 0.252 e. The normalized spacial score (nSPS) is 15.5. The highest BCUT2D eigenvalue weighted by molar-refractivity contribution is 6.00. The zero-order valence-corrected chi connectivity index (χ0v) is 22.3. The number of nitrogens with zero attached hydrogens (tertiary/aromatic N) is 3. The molecule has 0 spiro atoms. The SMILES string of the molecule is COc1ccc(C(C)(NC(=O)c2ccc3c(c2)nc(-c2ccccn2)n3C2CCCCC2)C(=O)[O-])cc1OC. The molecule has 1 N–H and O–H groups in total. The molecular formula is C30H31N4O5-. The molecule has 1 fully saturated rings. The minimum Gasteiger partial charge on any atom is -0.547 e. The van der Waals surface area contributed by atoms with Crippen LogP contribution in [0.3, 0.4) is 0 Å². The largest absolute Gasteiger partial charge is 0.547 e. The summed E-state index contributed by atoms with van der Waals surface area (Å²) in [7, 11) is 2.94. The molecule has 1 aliphatic carbocycles. The van der Waals surface area contributed by atoms with Gasteiger partial charge in [-0.15, -0.1) is 0 Å². The molecule has 202 valence electrons. The third-order valence-electron chi connectivity index (χ3n) is 7.52. The number of aliphatic carboxylic acids is 1. The van der Waals surface area contributed by atoms with Gasteiger partial charge in [0.05, 0.1) is 31.2 Å². The zero-order chi connectivity index (χ0) is 27.6. The van der Waals surface area contributed by atoms with Crippen LogP contribution in [0.1, 0.15) is 61.0 Å². The Labute approximate surface area is 226 Å². The van der Waals surface area contributed by atoms with E-state index in [0.717, 1.165) is 42.7 Å². The molecule has 0 bridgehead atoms. The third-order valence-corrected chi connectivity index (χ3v) is 7.52. The van der Waals surface area contributed by atoms with Gasteiger partial charge in [-0.25, -0.2) is 4.98 Å². The van der Waals surface area contributed by atoms with Crippen LogP contribution < -0.4 is 19.9 Å². The Morgan fingerprint density at radius 2 is 1.77 bits per heavy atom. The number of carbonyl (C=O) groups excluding carboxylic acids is 2. The number of hydrogen-bond donors (Lipinski definition) is 1. The highest BCUT2D eigenvalue weighted by Crippen LogP contribution is 2.36. The van der Waals surface area contributed by atoms with Gasteiger partial charge in [-0.2, -0.15) is 0 Å². The number of fused-ring (bicyclic) bond motifs is 1. The Morgan fingerprint density at radius 3 is 2.44 bits per heavy atom. The second kappa shape index (κ2) is 10.8. The number of benzene rings is 2. The first-order chi connectivity index (χ1) is 18.9. The molecule has 2 heterocycles. The van der Waals surface area contributed by atoms with Gasteiger partial charge in [-0.1, -0.05) is 31.4 Å². The van der Waals surface area contributed by atoms with Crippen LogP contribution >= 0.6 is 0 Å².